The molecular formula is C35H25ClN2O5. The molecule has 4 aromatic rings. The van der Waals surface area contributed by atoms with Gasteiger partial charge in [0.05, 0.1) is 12.0 Å². The van der Waals surface area contributed by atoms with E-state index in [1.165, 1.54) is 6.92 Å². The van der Waals surface area contributed by atoms with Gasteiger partial charge in [0, 0.05) is 35.0 Å². The number of carbonyl (C=O) groups is 4. The molecule has 212 valence electrons. The Morgan fingerprint density at radius 3 is 2.23 bits per heavy atom. The molecule has 4 aromatic carbocycles. The predicted octanol–water partition coefficient (Wildman–Crippen LogP) is 6.25. The number of benzene rings is 4. The van der Waals surface area contributed by atoms with Gasteiger partial charge in [-0.2, -0.15) is 0 Å². The van der Waals surface area contributed by atoms with Crippen LogP contribution in [0.25, 0.3) is 6.08 Å². The fraction of sp³-hybridized carbons (Fsp3) is 0.143. The van der Waals surface area contributed by atoms with Crippen molar-refractivity contribution in [3.05, 3.63) is 136 Å². The van der Waals surface area contributed by atoms with E-state index in [-0.39, 0.29) is 17.5 Å². The Labute approximate surface area is 252 Å². The number of halogens is 1. The molecule has 0 unspecified atom stereocenters. The second kappa shape index (κ2) is 10.1. The maximum atomic E-state index is 14.8. The van der Waals surface area contributed by atoms with Crippen molar-refractivity contribution in [3.63, 3.8) is 0 Å². The van der Waals surface area contributed by atoms with Crippen LogP contribution in [-0.4, -0.2) is 34.4 Å². The number of esters is 1. The number of ketones is 2. The number of Topliss-reactive ketones (excluding diaryl/α,β-unsaturated/α-hetero) is 2. The molecule has 1 spiro atoms. The molecule has 1 fully saturated rings. The molecule has 0 bridgehead atoms. The Morgan fingerprint density at radius 2 is 1.49 bits per heavy atom. The third-order valence-corrected chi connectivity index (χ3v) is 8.90. The average molecular weight is 589 g/mol. The Bertz CT molecular complexity index is 1850. The number of hydrogen-bond acceptors (Lipinski definition) is 6. The first kappa shape index (κ1) is 26.9. The van der Waals surface area contributed by atoms with E-state index in [1.807, 2.05) is 65.7 Å². The third-order valence-electron chi connectivity index (χ3n) is 8.65. The van der Waals surface area contributed by atoms with Crippen LogP contribution in [0.5, 0.6) is 5.75 Å². The van der Waals surface area contributed by atoms with E-state index in [4.69, 9.17) is 16.3 Å². The Balaban J connectivity index is 1.48. The number of ether oxygens (including phenoxy) is 1. The maximum absolute atomic E-state index is 14.8. The van der Waals surface area contributed by atoms with E-state index < -0.39 is 29.4 Å². The number of nitrogens with zero attached hydrogens (tertiary/aromatic N) is 1. The standard InChI is InChI=1S/C35H25ClN2O5/c1-20(39)43-25-16-12-23(13-17-25)32(41)30-29(31(40)22-10-14-24(36)15-11-22)35(27-8-4-5-9-28(27)37-34(35)42)33-26-7-3-2-6-21(26)18-19-38(30)33/h2-19,29-30,33H,1H3,(H,37,42)/t29-,30+,33+,35+/m1/s1. The quantitative estimate of drug-likeness (QED) is 0.168. The molecule has 43 heavy (non-hydrogen) atoms. The summed E-state index contributed by atoms with van der Waals surface area (Å²) in [6.45, 7) is 1.30. The topological polar surface area (TPSA) is 92.8 Å². The minimum Gasteiger partial charge on any atom is -0.427 e. The lowest BCUT2D eigenvalue weighted by atomic mass is 9.62. The largest absolute Gasteiger partial charge is 0.427 e. The molecule has 3 aliphatic heterocycles. The first-order chi connectivity index (χ1) is 20.8. The van der Waals surface area contributed by atoms with Crippen molar-refractivity contribution in [1.29, 1.82) is 0 Å². The van der Waals surface area contributed by atoms with Crippen molar-refractivity contribution in [3.8, 4) is 5.75 Å². The van der Waals surface area contributed by atoms with Gasteiger partial charge in [0.25, 0.3) is 0 Å². The molecule has 0 aliphatic carbocycles. The summed E-state index contributed by atoms with van der Waals surface area (Å²) >= 11 is 6.17. The fourth-order valence-corrected chi connectivity index (χ4v) is 7.11. The predicted molar refractivity (Wildman–Crippen MR) is 162 cm³/mol. The number of amides is 1. The zero-order valence-corrected chi connectivity index (χ0v) is 23.7. The first-order valence-corrected chi connectivity index (χ1v) is 14.3. The van der Waals surface area contributed by atoms with Crippen LogP contribution < -0.4 is 10.1 Å². The van der Waals surface area contributed by atoms with Crippen molar-refractivity contribution in [2.45, 2.75) is 24.4 Å². The zero-order chi connectivity index (χ0) is 29.9. The second-order valence-electron chi connectivity index (χ2n) is 10.9. The number of para-hydroxylation sites is 1. The highest BCUT2D eigenvalue weighted by atomic mass is 35.5. The summed E-state index contributed by atoms with van der Waals surface area (Å²) in [5, 5.41) is 3.51. The average Bonchev–Trinajstić information content (AvgIpc) is 3.49. The van der Waals surface area contributed by atoms with Gasteiger partial charge in [-0.1, -0.05) is 54.1 Å². The molecule has 8 heteroatoms. The molecule has 4 atom stereocenters. The number of nitrogens with one attached hydrogen (secondary N) is 1. The molecule has 0 aromatic heterocycles. The van der Waals surface area contributed by atoms with E-state index in [1.54, 1.807) is 48.5 Å². The van der Waals surface area contributed by atoms with Gasteiger partial charge in [-0.3, -0.25) is 19.2 Å². The van der Waals surface area contributed by atoms with Crippen LogP contribution in [0.3, 0.4) is 0 Å². The summed E-state index contributed by atoms with van der Waals surface area (Å²) in [4.78, 5) is 57.2. The lowest BCUT2D eigenvalue weighted by Gasteiger charge is -2.38. The van der Waals surface area contributed by atoms with E-state index in [0.29, 0.717) is 33.1 Å². The van der Waals surface area contributed by atoms with Crippen LogP contribution >= 0.6 is 11.6 Å². The highest BCUT2D eigenvalue weighted by molar-refractivity contribution is 6.30. The van der Waals surface area contributed by atoms with E-state index in [0.717, 1.165) is 11.1 Å². The van der Waals surface area contributed by atoms with Crippen LogP contribution in [0.2, 0.25) is 5.02 Å². The van der Waals surface area contributed by atoms with Gasteiger partial charge in [0.1, 0.15) is 17.2 Å². The molecule has 1 amide bonds. The summed E-state index contributed by atoms with van der Waals surface area (Å²) in [7, 11) is 0. The van der Waals surface area contributed by atoms with E-state index in [2.05, 4.69) is 5.32 Å². The summed E-state index contributed by atoms with van der Waals surface area (Å²) in [5.74, 6) is -2.27. The van der Waals surface area contributed by atoms with Crippen molar-refractivity contribution >= 4 is 46.8 Å². The van der Waals surface area contributed by atoms with Crippen LogP contribution in [0.15, 0.2) is 103 Å². The Morgan fingerprint density at radius 1 is 0.837 bits per heavy atom. The number of hydrogen-bond donors (Lipinski definition) is 1. The molecule has 1 N–H and O–H groups in total. The number of anilines is 1. The van der Waals surface area contributed by atoms with Gasteiger partial charge in [0.2, 0.25) is 5.91 Å². The van der Waals surface area contributed by atoms with Crippen LogP contribution in [0.1, 0.15) is 50.4 Å². The molecule has 0 radical (unpaired) electrons. The summed E-state index contributed by atoms with van der Waals surface area (Å²) in [6.07, 6.45) is 3.74. The van der Waals surface area contributed by atoms with Crippen molar-refractivity contribution in [1.82, 2.24) is 4.90 Å². The monoisotopic (exact) mass is 588 g/mol. The van der Waals surface area contributed by atoms with Gasteiger partial charge in [-0.25, -0.2) is 0 Å². The van der Waals surface area contributed by atoms with Gasteiger partial charge >= 0.3 is 5.97 Å². The molecule has 0 saturated carbocycles. The Hall–Kier alpha value is -5.01. The lowest BCUT2D eigenvalue weighted by Crippen LogP contribution is -2.49. The van der Waals surface area contributed by atoms with Crippen LogP contribution in [0, 0.1) is 5.92 Å². The number of rotatable bonds is 5. The summed E-state index contributed by atoms with van der Waals surface area (Å²) < 4.78 is 5.17. The first-order valence-electron chi connectivity index (χ1n) is 13.9. The molecule has 3 heterocycles. The van der Waals surface area contributed by atoms with Gasteiger partial charge in [0.15, 0.2) is 11.6 Å². The molecule has 3 aliphatic rings. The van der Waals surface area contributed by atoms with Crippen molar-refractivity contribution < 1.29 is 23.9 Å². The molecule has 7 nitrogen and oxygen atoms in total. The van der Waals surface area contributed by atoms with Crippen molar-refractivity contribution in [2.75, 3.05) is 5.32 Å². The van der Waals surface area contributed by atoms with Crippen LogP contribution in [-0.2, 0) is 15.0 Å². The number of fused-ring (bicyclic) bond motifs is 6. The minimum absolute atomic E-state index is 0.300. The highest BCUT2D eigenvalue weighted by Gasteiger charge is 2.70. The SMILES string of the molecule is CC(=O)Oc1ccc(C(=O)[C@@H]2[C@H](C(=O)c3ccc(Cl)cc3)[C@]3(C(=O)Nc4ccccc43)[C@@H]3c4ccccc4C=CN23)cc1. The second-order valence-corrected chi connectivity index (χ2v) is 11.4. The van der Waals surface area contributed by atoms with Crippen molar-refractivity contribution in [2.24, 2.45) is 5.92 Å². The van der Waals surface area contributed by atoms with Gasteiger partial charge < -0.3 is 15.0 Å². The highest BCUT2D eigenvalue weighted by Crippen LogP contribution is 2.62. The van der Waals surface area contributed by atoms with Gasteiger partial charge in [-0.05, 0) is 77.4 Å². The zero-order valence-electron chi connectivity index (χ0n) is 23.0. The summed E-state index contributed by atoms with van der Waals surface area (Å²) in [5.41, 5.74) is 2.31. The lowest BCUT2D eigenvalue weighted by molar-refractivity contribution is -0.131. The summed E-state index contributed by atoms with van der Waals surface area (Å²) in [6, 6.07) is 26.2. The molecular weight excluding hydrogens is 564 g/mol. The van der Waals surface area contributed by atoms with Crippen LogP contribution in [0.4, 0.5) is 5.69 Å². The molecule has 7 rings (SSSR count). The fourth-order valence-electron chi connectivity index (χ4n) is 6.99. The molecule has 1 saturated heterocycles. The Kier molecular flexibility index (Phi) is 6.29. The maximum Gasteiger partial charge on any atom is 0.308 e. The smallest absolute Gasteiger partial charge is 0.308 e. The van der Waals surface area contributed by atoms with E-state index >= 15 is 0 Å². The third kappa shape index (κ3) is 4.03. The number of carbonyl (C=O) groups excluding carboxylic acids is 4. The van der Waals surface area contributed by atoms with Gasteiger partial charge in [-0.15, -0.1) is 0 Å². The minimum atomic E-state index is -1.42. The normalized spacial score (nSPS) is 22.9. The van der Waals surface area contributed by atoms with E-state index in [9.17, 15) is 19.2 Å².